The smallest absolute Gasteiger partial charge is 0.131 e. The quantitative estimate of drug-likeness (QED) is 0.506. The topological polar surface area (TPSA) is 18.5 Å². The van der Waals surface area contributed by atoms with Crippen molar-refractivity contribution in [2.24, 2.45) is 0 Å². The molecule has 1 aliphatic rings. The van der Waals surface area contributed by atoms with Gasteiger partial charge in [0.25, 0.3) is 0 Å². The number of rotatable bonds is 3. The van der Waals surface area contributed by atoms with E-state index in [1.165, 1.54) is 16.7 Å². The van der Waals surface area contributed by atoms with Crippen LogP contribution >= 0.6 is 0 Å². The van der Waals surface area contributed by atoms with Crippen LogP contribution in [-0.2, 0) is 0 Å². The fraction of sp³-hybridized carbons (Fsp3) is 0.143. The molecule has 114 valence electrons. The first kappa shape index (κ1) is 13.9. The van der Waals surface area contributed by atoms with Crippen molar-refractivity contribution < 1.29 is 9.47 Å². The summed E-state index contributed by atoms with van der Waals surface area (Å²) in [6.45, 7) is 2.68. The summed E-state index contributed by atoms with van der Waals surface area (Å²) in [5.74, 6) is 2.96. The van der Waals surface area contributed by atoms with Crippen LogP contribution in [-0.4, -0.2) is 6.61 Å². The normalized spacial score (nSPS) is 12.9. The molecule has 1 aliphatic heterocycles. The van der Waals surface area contributed by atoms with Crippen molar-refractivity contribution in [1.29, 1.82) is 0 Å². The van der Waals surface area contributed by atoms with E-state index in [-0.39, 0.29) is 5.92 Å². The maximum atomic E-state index is 6.07. The van der Waals surface area contributed by atoms with E-state index in [0.717, 1.165) is 17.2 Å². The van der Waals surface area contributed by atoms with Gasteiger partial charge >= 0.3 is 0 Å². The van der Waals surface area contributed by atoms with Crippen LogP contribution in [0.4, 0.5) is 0 Å². The summed E-state index contributed by atoms with van der Waals surface area (Å²) in [6, 6.07) is 24.9. The van der Waals surface area contributed by atoms with Crippen molar-refractivity contribution in [2.45, 2.75) is 12.8 Å². The van der Waals surface area contributed by atoms with E-state index in [2.05, 4.69) is 36.4 Å². The lowest BCUT2D eigenvalue weighted by molar-refractivity contribution is 0.340. The average Bonchev–Trinajstić information content (AvgIpc) is 2.61. The van der Waals surface area contributed by atoms with Gasteiger partial charge in [-0.15, -0.1) is 0 Å². The first-order chi connectivity index (χ1) is 11.4. The molecule has 3 aromatic rings. The lowest BCUT2D eigenvalue weighted by Gasteiger charge is -2.28. The monoisotopic (exact) mass is 302 g/mol. The van der Waals surface area contributed by atoms with E-state index < -0.39 is 0 Å². The third-order valence-electron chi connectivity index (χ3n) is 4.20. The Bertz CT molecular complexity index is 776. The Morgan fingerprint density at radius 3 is 1.91 bits per heavy atom. The molecule has 0 amide bonds. The van der Waals surface area contributed by atoms with Gasteiger partial charge in [0.1, 0.15) is 17.2 Å². The average molecular weight is 302 g/mol. The van der Waals surface area contributed by atoms with Crippen LogP contribution < -0.4 is 9.47 Å². The Balaban J connectivity index is 1.84. The standard InChI is InChI=1S/C21H18O2/c1-2-22-16-13-11-15(12-14-16)21-17-7-3-5-9-19(17)23-20-10-6-4-8-18(20)21/h3-14,21H,2H2,1H3. The highest BCUT2D eigenvalue weighted by Gasteiger charge is 2.27. The largest absolute Gasteiger partial charge is 0.494 e. The minimum Gasteiger partial charge on any atom is -0.494 e. The van der Waals surface area contributed by atoms with Gasteiger partial charge in [0.2, 0.25) is 0 Å². The van der Waals surface area contributed by atoms with Gasteiger partial charge in [0, 0.05) is 17.0 Å². The van der Waals surface area contributed by atoms with Gasteiger partial charge in [-0.1, -0.05) is 48.5 Å². The van der Waals surface area contributed by atoms with Crippen LogP contribution in [0.1, 0.15) is 29.5 Å². The number of fused-ring (bicyclic) bond motifs is 2. The Kier molecular flexibility index (Phi) is 3.51. The van der Waals surface area contributed by atoms with Crippen LogP contribution in [0.2, 0.25) is 0 Å². The molecule has 0 fully saturated rings. The van der Waals surface area contributed by atoms with E-state index >= 15 is 0 Å². The maximum absolute atomic E-state index is 6.07. The molecule has 0 atom stereocenters. The van der Waals surface area contributed by atoms with Gasteiger partial charge in [-0.2, -0.15) is 0 Å². The molecule has 4 rings (SSSR count). The second-order valence-corrected chi connectivity index (χ2v) is 5.61. The van der Waals surface area contributed by atoms with Gasteiger partial charge in [0.05, 0.1) is 6.61 Å². The summed E-state index contributed by atoms with van der Waals surface area (Å²) in [6.07, 6.45) is 0. The number of benzene rings is 3. The van der Waals surface area contributed by atoms with Crippen molar-refractivity contribution in [3.8, 4) is 17.2 Å². The second-order valence-electron chi connectivity index (χ2n) is 5.61. The van der Waals surface area contributed by atoms with Gasteiger partial charge < -0.3 is 9.47 Å². The zero-order valence-electron chi connectivity index (χ0n) is 13.0. The number of hydrogen-bond donors (Lipinski definition) is 0. The van der Waals surface area contributed by atoms with Gasteiger partial charge in [0.15, 0.2) is 0 Å². The summed E-state index contributed by atoms with van der Waals surface area (Å²) in [5.41, 5.74) is 3.65. The second kappa shape index (κ2) is 5.81. The first-order valence-corrected chi connectivity index (χ1v) is 7.95. The molecule has 2 heteroatoms. The van der Waals surface area contributed by atoms with E-state index in [4.69, 9.17) is 9.47 Å². The van der Waals surface area contributed by atoms with Crippen molar-refractivity contribution in [3.05, 3.63) is 89.5 Å². The van der Waals surface area contributed by atoms with E-state index in [0.29, 0.717) is 6.61 Å². The molecule has 3 aromatic carbocycles. The highest BCUT2D eigenvalue weighted by atomic mass is 16.5. The SMILES string of the molecule is CCOc1ccc(C2c3ccccc3Oc3ccccc32)cc1. The fourth-order valence-electron chi connectivity index (χ4n) is 3.19. The summed E-state index contributed by atoms with van der Waals surface area (Å²) >= 11 is 0. The summed E-state index contributed by atoms with van der Waals surface area (Å²) in [5, 5.41) is 0. The minimum atomic E-state index is 0.187. The first-order valence-electron chi connectivity index (χ1n) is 7.95. The molecule has 0 saturated heterocycles. The van der Waals surface area contributed by atoms with Crippen LogP contribution in [0, 0.1) is 0 Å². The van der Waals surface area contributed by atoms with E-state index in [1.54, 1.807) is 0 Å². The van der Waals surface area contributed by atoms with Crippen LogP contribution in [0.5, 0.6) is 17.2 Å². The fourth-order valence-corrected chi connectivity index (χ4v) is 3.19. The molecule has 1 heterocycles. The summed E-state index contributed by atoms with van der Waals surface area (Å²) in [4.78, 5) is 0. The maximum Gasteiger partial charge on any atom is 0.131 e. The molecule has 0 N–H and O–H groups in total. The van der Waals surface area contributed by atoms with Crippen molar-refractivity contribution in [1.82, 2.24) is 0 Å². The molecule has 23 heavy (non-hydrogen) atoms. The highest BCUT2D eigenvalue weighted by molar-refractivity contribution is 5.58. The molecular weight excluding hydrogens is 284 g/mol. The zero-order chi connectivity index (χ0) is 15.6. The summed E-state index contributed by atoms with van der Waals surface area (Å²) in [7, 11) is 0. The zero-order valence-corrected chi connectivity index (χ0v) is 13.0. The molecular formula is C21H18O2. The molecule has 0 spiro atoms. The van der Waals surface area contributed by atoms with Crippen LogP contribution in [0.15, 0.2) is 72.8 Å². The van der Waals surface area contributed by atoms with Crippen LogP contribution in [0.25, 0.3) is 0 Å². The van der Waals surface area contributed by atoms with Crippen molar-refractivity contribution in [2.75, 3.05) is 6.61 Å². The number of para-hydroxylation sites is 2. The lowest BCUT2D eigenvalue weighted by atomic mass is 9.83. The molecule has 2 nitrogen and oxygen atoms in total. The third kappa shape index (κ3) is 2.46. The Hall–Kier alpha value is -2.74. The predicted molar refractivity (Wildman–Crippen MR) is 91.5 cm³/mol. The minimum absolute atomic E-state index is 0.187. The number of ether oxygens (including phenoxy) is 2. The summed E-state index contributed by atoms with van der Waals surface area (Å²) < 4.78 is 11.6. The van der Waals surface area contributed by atoms with E-state index in [9.17, 15) is 0 Å². The van der Waals surface area contributed by atoms with Crippen molar-refractivity contribution in [3.63, 3.8) is 0 Å². The van der Waals surface area contributed by atoms with Crippen molar-refractivity contribution >= 4 is 0 Å². The molecule has 0 unspecified atom stereocenters. The van der Waals surface area contributed by atoms with Gasteiger partial charge in [-0.25, -0.2) is 0 Å². The molecule has 0 saturated carbocycles. The Morgan fingerprint density at radius 1 is 0.783 bits per heavy atom. The van der Waals surface area contributed by atoms with Crippen LogP contribution in [0.3, 0.4) is 0 Å². The Labute approximate surface area is 136 Å². The van der Waals surface area contributed by atoms with Gasteiger partial charge in [-0.3, -0.25) is 0 Å². The lowest BCUT2D eigenvalue weighted by Crippen LogP contribution is -2.11. The predicted octanol–water partition coefficient (Wildman–Crippen LogP) is 5.37. The highest BCUT2D eigenvalue weighted by Crippen LogP contribution is 2.47. The molecule has 0 aromatic heterocycles. The third-order valence-corrected chi connectivity index (χ3v) is 4.20. The molecule has 0 aliphatic carbocycles. The van der Waals surface area contributed by atoms with E-state index in [1.807, 2.05) is 43.3 Å². The number of hydrogen-bond acceptors (Lipinski definition) is 2. The molecule has 0 radical (unpaired) electrons. The Morgan fingerprint density at radius 2 is 1.35 bits per heavy atom. The molecule has 0 bridgehead atoms. The van der Waals surface area contributed by atoms with Gasteiger partial charge in [-0.05, 0) is 36.8 Å².